The summed E-state index contributed by atoms with van der Waals surface area (Å²) in [6.07, 6.45) is 7.36. The standard InChI is InChI=1S/C12H17BrN2/c1-9(10-4-2-3-5-10)15-12-7-6-11(13)8-14-12/h6-10H,2-5H2,1H3,(H,14,15). The number of pyridine rings is 1. The summed E-state index contributed by atoms with van der Waals surface area (Å²) in [6.45, 7) is 2.26. The Balaban J connectivity index is 1.92. The highest BCUT2D eigenvalue weighted by Gasteiger charge is 2.21. The Hall–Kier alpha value is -0.570. The molecule has 0 spiro atoms. The van der Waals surface area contributed by atoms with Gasteiger partial charge in [-0.15, -0.1) is 0 Å². The number of hydrogen-bond acceptors (Lipinski definition) is 2. The normalized spacial score (nSPS) is 19.1. The third-order valence-corrected chi connectivity index (χ3v) is 3.68. The van der Waals surface area contributed by atoms with E-state index in [0.717, 1.165) is 16.2 Å². The van der Waals surface area contributed by atoms with Crippen LogP contribution < -0.4 is 5.32 Å². The van der Waals surface area contributed by atoms with Crippen LogP contribution >= 0.6 is 15.9 Å². The van der Waals surface area contributed by atoms with Gasteiger partial charge in [-0.25, -0.2) is 4.98 Å². The number of nitrogens with zero attached hydrogens (tertiary/aromatic N) is 1. The Morgan fingerprint density at radius 2 is 2.13 bits per heavy atom. The summed E-state index contributed by atoms with van der Waals surface area (Å²) < 4.78 is 1.03. The molecule has 1 aliphatic carbocycles. The first-order valence-corrected chi connectivity index (χ1v) is 6.43. The monoisotopic (exact) mass is 268 g/mol. The molecule has 15 heavy (non-hydrogen) atoms. The second kappa shape index (κ2) is 4.97. The van der Waals surface area contributed by atoms with Crippen LogP contribution in [-0.4, -0.2) is 11.0 Å². The SMILES string of the molecule is CC(Nc1ccc(Br)cn1)C1CCCC1. The zero-order valence-electron chi connectivity index (χ0n) is 9.04. The molecule has 1 unspecified atom stereocenters. The van der Waals surface area contributed by atoms with E-state index in [-0.39, 0.29) is 0 Å². The number of rotatable bonds is 3. The lowest BCUT2D eigenvalue weighted by Gasteiger charge is -2.20. The van der Waals surface area contributed by atoms with Gasteiger partial charge in [0.1, 0.15) is 5.82 Å². The molecule has 0 aliphatic heterocycles. The van der Waals surface area contributed by atoms with Crippen molar-refractivity contribution in [3.8, 4) is 0 Å². The topological polar surface area (TPSA) is 24.9 Å². The summed E-state index contributed by atoms with van der Waals surface area (Å²) in [5.41, 5.74) is 0. The maximum atomic E-state index is 4.33. The number of halogens is 1. The molecule has 2 rings (SSSR count). The van der Waals surface area contributed by atoms with Gasteiger partial charge in [-0.2, -0.15) is 0 Å². The smallest absolute Gasteiger partial charge is 0.126 e. The van der Waals surface area contributed by atoms with Crippen molar-refractivity contribution in [2.24, 2.45) is 5.92 Å². The number of hydrogen-bond donors (Lipinski definition) is 1. The molecule has 1 aromatic heterocycles. The van der Waals surface area contributed by atoms with E-state index >= 15 is 0 Å². The molecule has 3 heteroatoms. The van der Waals surface area contributed by atoms with Gasteiger partial charge >= 0.3 is 0 Å². The van der Waals surface area contributed by atoms with E-state index in [1.54, 1.807) is 0 Å². The Morgan fingerprint density at radius 1 is 1.40 bits per heavy atom. The average Bonchev–Trinajstić information content (AvgIpc) is 2.74. The largest absolute Gasteiger partial charge is 0.367 e. The van der Waals surface area contributed by atoms with Crippen LogP contribution in [0.1, 0.15) is 32.6 Å². The van der Waals surface area contributed by atoms with Gasteiger partial charge in [0.2, 0.25) is 0 Å². The van der Waals surface area contributed by atoms with Gasteiger partial charge in [-0.1, -0.05) is 12.8 Å². The number of nitrogens with one attached hydrogen (secondary N) is 1. The van der Waals surface area contributed by atoms with Gasteiger partial charge in [0, 0.05) is 16.7 Å². The highest BCUT2D eigenvalue weighted by molar-refractivity contribution is 9.10. The maximum Gasteiger partial charge on any atom is 0.126 e. The summed E-state index contributed by atoms with van der Waals surface area (Å²) in [5, 5.41) is 3.48. The molecule has 82 valence electrons. The Bertz CT molecular complexity index is 304. The predicted octanol–water partition coefficient (Wildman–Crippen LogP) is 3.83. The Kier molecular flexibility index (Phi) is 3.62. The van der Waals surface area contributed by atoms with Crippen LogP contribution in [0.4, 0.5) is 5.82 Å². The van der Waals surface area contributed by atoms with E-state index in [1.807, 2.05) is 18.3 Å². The van der Waals surface area contributed by atoms with E-state index in [4.69, 9.17) is 0 Å². The van der Waals surface area contributed by atoms with Gasteiger partial charge in [-0.05, 0) is 53.7 Å². The van der Waals surface area contributed by atoms with Crippen molar-refractivity contribution >= 4 is 21.7 Å². The highest BCUT2D eigenvalue weighted by atomic mass is 79.9. The Labute approximate surface area is 99.6 Å². The molecule has 0 saturated heterocycles. The molecule has 1 aliphatic rings. The van der Waals surface area contributed by atoms with Crippen LogP contribution in [0, 0.1) is 5.92 Å². The second-order valence-electron chi connectivity index (χ2n) is 4.34. The fourth-order valence-corrected chi connectivity index (χ4v) is 2.50. The minimum Gasteiger partial charge on any atom is -0.367 e. The third kappa shape index (κ3) is 2.94. The van der Waals surface area contributed by atoms with E-state index in [1.165, 1.54) is 25.7 Å². The molecule has 0 radical (unpaired) electrons. The molecule has 1 aromatic rings. The lowest BCUT2D eigenvalue weighted by molar-refractivity contribution is 0.481. The summed E-state index contributed by atoms with van der Waals surface area (Å²) in [6, 6.07) is 4.59. The summed E-state index contributed by atoms with van der Waals surface area (Å²) in [5.74, 6) is 1.81. The van der Waals surface area contributed by atoms with Crippen LogP contribution in [0.25, 0.3) is 0 Å². The van der Waals surface area contributed by atoms with Crippen LogP contribution in [-0.2, 0) is 0 Å². The zero-order valence-corrected chi connectivity index (χ0v) is 10.6. The molecule has 0 bridgehead atoms. The van der Waals surface area contributed by atoms with Crippen LogP contribution in [0.15, 0.2) is 22.8 Å². The first-order chi connectivity index (χ1) is 7.25. The van der Waals surface area contributed by atoms with Crippen LogP contribution in [0.3, 0.4) is 0 Å². The zero-order chi connectivity index (χ0) is 10.7. The molecule has 1 saturated carbocycles. The molecular weight excluding hydrogens is 252 g/mol. The summed E-state index contributed by atoms with van der Waals surface area (Å²) >= 11 is 3.39. The highest BCUT2D eigenvalue weighted by Crippen LogP contribution is 2.28. The predicted molar refractivity (Wildman–Crippen MR) is 67.0 cm³/mol. The van der Waals surface area contributed by atoms with Crippen molar-refractivity contribution in [3.63, 3.8) is 0 Å². The molecule has 1 heterocycles. The minimum absolute atomic E-state index is 0.543. The number of anilines is 1. The van der Waals surface area contributed by atoms with Gasteiger partial charge < -0.3 is 5.32 Å². The fraction of sp³-hybridized carbons (Fsp3) is 0.583. The second-order valence-corrected chi connectivity index (χ2v) is 5.25. The molecule has 1 atom stereocenters. The summed E-state index contributed by atoms with van der Waals surface area (Å²) in [4.78, 5) is 4.33. The Morgan fingerprint density at radius 3 is 2.73 bits per heavy atom. The van der Waals surface area contributed by atoms with Gasteiger partial charge in [0.25, 0.3) is 0 Å². The van der Waals surface area contributed by atoms with Crippen molar-refractivity contribution in [2.45, 2.75) is 38.6 Å². The first kappa shape index (κ1) is 10.9. The van der Waals surface area contributed by atoms with Gasteiger partial charge in [-0.3, -0.25) is 0 Å². The lowest BCUT2D eigenvalue weighted by atomic mass is 10.00. The molecule has 0 aromatic carbocycles. The van der Waals surface area contributed by atoms with Crippen LogP contribution in [0.2, 0.25) is 0 Å². The minimum atomic E-state index is 0.543. The van der Waals surface area contributed by atoms with Crippen molar-refractivity contribution in [3.05, 3.63) is 22.8 Å². The molecular formula is C12H17BrN2. The van der Waals surface area contributed by atoms with Crippen molar-refractivity contribution in [2.75, 3.05) is 5.32 Å². The third-order valence-electron chi connectivity index (χ3n) is 3.21. The average molecular weight is 269 g/mol. The van der Waals surface area contributed by atoms with Gasteiger partial charge in [0.15, 0.2) is 0 Å². The van der Waals surface area contributed by atoms with E-state index in [2.05, 4.69) is 33.2 Å². The van der Waals surface area contributed by atoms with Crippen molar-refractivity contribution in [1.29, 1.82) is 0 Å². The quantitative estimate of drug-likeness (QED) is 0.901. The summed E-state index contributed by atoms with van der Waals surface area (Å²) in [7, 11) is 0. The first-order valence-electron chi connectivity index (χ1n) is 5.64. The van der Waals surface area contributed by atoms with Gasteiger partial charge in [0.05, 0.1) is 0 Å². The lowest BCUT2D eigenvalue weighted by Crippen LogP contribution is -2.24. The molecule has 0 amide bonds. The van der Waals surface area contributed by atoms with Crippen molar-refractivity contribution < 1.29 is 0 Å². The molecule has 2 nitrogen and oxygen atoms in total. The van der Waals surface area contributed by atoms with E-state index < -0.39 is 0 Å². The van der Waals surface area contributed by atoms with E-state index in [0.29, 0.717) is 6.04 Å². The van der Waals surface area contributed by atoms with E-state index in [9.17, 15) is 0 Å². The van der Waals surface area contributed by atoms with Crippen molar-refractivity contribution in [1.82, 2.24) is 4.98 Å². The number of aromatic nitrogens is 1. The fourth-order valence-electron chi connectivity index (χ4n) is 2.27. The van der Waals surface area contributed by atoms with Crippen LogP contribution in [0.5, 0.6) is 0 Å². The maximum absolute atomic E-state index is 4.33. The molecule has 1 fully saturated rings. The molecule has 1 N–H and O–H groups in total.